The van der Waals surface area contributed by atoms with Crippen LogP contribution >= 0.6 is 11.6 Å². The average Bonchev–Trinajstić information content (AvgIpc) is 2.93. The maximum atomic E-state index is 13.7. The molecule has 9 nitrogen and oxygen atoms in total. The van der Waals surface area contributed by atoms with Gasteiger partial charge in [-0.2, -0.15) is 0 Å². The number of hydrogen-bond donors (Lipinski definition) is 3. The molecule has 3 aromatic heterocycles. The van der Waals surface area contributed by atoms with E-state index in [0.717, 1.165) is 5.69 Å². The molecule has 0 bridgehead atoms. The quantitative estimate of drug-likeness (QED) is 0.296. The zero-order chi connectivity index (χ0) is 26.6. The van der Waals surface area contributed by atoms with Crippen LogP contribution in [0.1, 0.15) is 35.7 Å². The fraction of sp³-hybridized carbons (Fsp3) is 0.107. The summed E-state index contributed by atoms with van der Waals surface area (Å²) in [5.74, 6) is 7.10. The van der Waals surface area contributed by atoms with Gasteiger partial charge in [0.15, 0.2) is 0 Å². The predicted octanol–water partition coefficient (Wildman–Crippen LogP) is 3.84. The molecule has 10 heteroatoms. The summed E-state index contributed by atoms with van der Waals surface area (Å²) in [6, 6.07) is 19.4. The number of nitrogens with zero attached hydrogens (tertiary/aromatic N) is 5. The molecule has 0 spiro atoms. The highest BCUT2D eigenvalue weighted by atomic mass is 35.5. The first-order chi connectivity index (χ1) is 18.5. The second kappa shape index (κ2) is 10.7. The number of fused-ring (bicyclic) bond motifs is 1. The Hall–Kier alpha value is -4.78. The molecule has 2 aromatic carbocycles. The van der Waals surface area contributed by atoms with Gasteiger partial charge in [-0.1, -0.05) is 47.9 Å². The van der Waals surface area contributed by atoms with E-state index in [0.29, 0.717) is 51.1 Å². The summed E-state index contributed by atoms with van der Waals surface area (Å²) in [6.07, 6.45) is 1.35. The number of halogens is 1. The molecule has 188 valence electrons. The fourth-order valence-corrected chi connectivity index (χ4v) is 4.27. The maximum Gasteiger partial charge on any atom is 0.267 e. The molecule has 5 N–H and O–H groups in total. The standard InChI is InChI=1S/C28H23ClN8O/c1-17(34-26-21(25(31)32-16-33-26)14-13-18-7-5-8-19(15-30)35-18)27-36-23-12-6-11-22(29)24(23)28(38)37(27)20-9-3-2-4-10-20/h2-12,16-17H,15,30H2,1H3,(H3,31,32,33,34). The first kappa shape index (κ1) is 24.9. The van der Waals surface area contributed by atoms with Crippen molar-refractivity contribution < 1.29 is 0 Å². The maximum absolute atomic E-state index is 13.7. The number of para-hydroxylation sites is 1. The Labute approximate surface area is 223 Å². The Bertz CT molecular complexity index is 1760. The van der Waals surface area contributed by atoms with Crippen molar-refractivity contribution in [3.63, 3.8) is 0 Å². The zero-order valence-electron chi connectivity index (χ0n) is 20.4. The van der Waals surface area contributed by atoms with Gasteiger partial charge in [-0.25, -0.2) is 19.9 Å². The summed E-state index contributed by atoms with van der Waals surface area (Å²) < 4.78 is 1.55. The lowest BCUT2D eigenvalue weighted by Gasteiger charge is -2.21. The molecule has 5 aromatic rings. The largest absolute Gasteiger partial charge is 0.382 e. The normalized spacial score (nSPS) is 11.6. The Morgan fingerprint density at radius 3 is 2.58 bits per heavy atom. The molecule has 0 aliphatic carbocycles. The van der Waals surface area contributed by atoms with E-state index in [4.69, 9.17) is 28.1 Å². The molecule has 0 aliphatic rings. The first-order valence-corrected chi connectivity index (χ1v) is 12.2. The van der Waals surface area contributed by atoms with Crippen LogP contribution in [0.4, 0.5) is 11.6 Å². The van der Waals surface area contributed by atoms with Gasteiger partial charge in [0.05, 0.1) is 33.3 Å². The molecule has 0 saturated carbocycles. The van der Waals surface area contributed by atoms with E-state index in [1.807, 2.05) is 49.4 Å². The average molecular weight is 523 g/mol. The highest BCUT2D eigenvalue weighted by molar-refractivity contribution is 6.35. The third-order valence-corrected chi connectivity index (χ3v) is 6.15. The number of nitrogens with two attached hydrogens (primary N) is 2. The molecule has 0 saturated heterocycles. The molecule has 0 radical (unpaired) electrons. The molecule has 1 unspecified atom stereocenters. The van der Waals surface area contributed by atoms with Crippen molar-refractivity contribution in [2.45, 2.75) is 19.5 Å². The van der Waals surface area contributed by atoms with Crippen LogP contribution < -0.4 is 22.3 Å². The monoisotopic (exact) mass is 522 g/mol. The Morgan fingerprint density at radius 1 is 1.00 bits per heavy atom. The van der Waals surface area contributed by atoms with Crippen LogP contribution in [0.25, 0.3) is 16.6 Å². The second-order valence-corrected chi connectivity index (χ2v) is 8.80. The number of hydrogen-bond acceptors (Lipinski definition) is 8. The minimum absolute atomic E-state index is 0.205. The van der Waals surface area contributed by atoms with Crippen LogP contribution in [0, 0.1) is 11.8 Å². The van der Waals surface area contributed by atoms with Gasteiger partial charge >= 0.3 is 0 Å². The number of nitrogens with one attached hydrogen (secondary N) is 1. The van der Waals surface area contributed by atoms with E-state index in [1.54, 1.807) is 28.8 Å². The fourth-order valence-electron chi connectivity index (χ4n) is 4.01. The summed E-state index contributed by atoms with van der Waals surface area (Å²) in [7, 11) is 0. The summed E-state index contributed by atoms with van der Waals surface area (Å²) in [5, 5.41) is 4.00. The molecule has 0 aliphatic heterocycles. The number of pyridine rings is 1. The van der Waals surface area contributed by atoms with Gasteiger partial charge in [-0.15, -0.1) is 0 Å². The lowest BCUT2D eigenvalue weighted by molar-refractivity contribution is 0.730. The van der Waals surface area contributed by atoms with Gasteiger partial charge in [-0.05, 0) is 49.2 Å². The molecule has 5 rings (SSSR count). The van der Waals surface area contributed by atoms with E-state index in [-0.39, 0.29) is 11.4 Å². The Kier molecular flexibility index (Phi) is 7.00. The van der Waals surface area contributed by atoms with Crippen molar-refractivity contribution in [1.29, 1.82) is 0 Å². The van der Waals surface area contributed by atoms with Crippen LogP contribution in [0.3, 0.4) is 0 Å². The number of aromatic nitrogens is 5. The van der Waals surface area contributed by atoms with Crippen LogP contribution in [-0.4, -0.2) is 24.5 Å². The molecular weight excluding hydrogens is 500 g/mol. The van der Waals surface area contributed by atoms with Crippen LogP contribution in [-0.2, 0) is 6.54 Å². The zero-order valence-corrected chi connectivity index (χ0v) is 21.1. The summed E-state index contributed by atoms with van der Waals surface area (Å²) >= 11 is 6.40. The van der Waals surface area contributed by atoms with Gasteiger partial charge < -0.3 is 16.8 Å². The SMILES string of the molecule is CC(Nc1ncnc(N)c1C#Cc1cccc(CN)n1)c1nc2cccc(Cl)c2c(=O)n1-c1ccccc1. The van der Waals surface area contributed by atoms with Gasteiger partial charge in [0.25, 0.3) is 5.56 Å². The lowest BCUT2D eigenvalue weighted by atomic mass is 10.2. The lowest BCUT2D eigenvalue weighted by Crippen LogP contribution is -2.27. The Balaban J connectivity index is 1.60. The van der Waals surface area contributed by atoms with Crippen LogP contribution in [0.5, 0.6) is 0 Å². The molecule has 1 atom stereocenters. The number of anilines is 2. The summed E-state index contributed by atoms with van der Waals surface area (Å²) in [5.41, 5.74) is 14.4. The third kappa shape index (κ3) is 4.91. The number of nitrogen functional groups attached to an aromatic ring is 1. The van der Waals surface area contributed by atoms with Gasteiger partial charge in [0, 0.05) is 6.54 Å². The number of rotatable bonds is 5. The topological polar surface area (TPSA) is 138 Å². The van der Waals surface area contributed by atoms with E-state index in [9.17, 15) is 4.79 Å². The van der Waals surface area contributed by atoms with E-state index in [1.165, 1.54) is 6.33 Å². The van der Waals surface area contributed by atoms with Gasteiger partial charge in [-0.3, -0.25) is 9.36 Å². The van der Waals surface area contributed by atoms with Gasteiger partial charge in [0.1, 0.15) is 35.0 Å². The smallest absolute Gasteiger partial charge is 0.267 e. The Morgan fingerprint density at radius 2 is 1.79 bits per heavy atom. The van der Waals surface area contributed by atoms with Crippen molar-refractivity contribution >= 4 is 34.1 Å². The van der Waals surface area contributed by atoms with E-state index in [2.05, 4.69) is 32.1 Å². The van der Waals surface area contributed by atoms with Crippen molar-refractivity contribution in [2.24, 2.45) is 5.73 Å². The molecule has 0 amide bonds. The minimum Gasteiger partial charge on any atom is -0.382 e. The highest BCUT2D eigenvalue weighted by Gasteiger charge is 2.21. The molecular formula is C28H23ClN8O. The van der Waals surface area contributed by atoms with Crippen molar-refractivity contribution in [3.8, 4) is 17.5 Å². The molecule has 3 heterocycles. The second-order valence-electron chi connectivity index (χ2n) is 8.40. The predicted molar refractivity (Wildman–Crippen MR) is 149 cm³/mol. The van der Waals surface area contributed by atoms with Crippen molar-refractivity contribution in [1.82, 2.24) is 24.5 Å². The van der Waals surface area contributed by atoms with Crippen molar-refractivity contribution in [3.05, 3.63) is 111 Å². The summed E-state index contributed by atoms with van der Waals surface area (Å²) in [4.78, 5) is 31.4. The van der Waals surface area contributed by atoms with Crippen LogP contribution in [0.15, 0.2) is 77.9 Å². The van der Waals surface area contributed by atoms with Crippen molar-refractivity contribution in [2.75, 3.05) is 11.1 Å². The van der Waals surface area contributed by atoms with Crippen LogP contribution in [0.2, 0.25) is 5.02 Å². The van der Waals surface area contributed by atoms with E-state index >= 15 is 0 Å². The third-order valence-electron chi connectivity index (χ3n) is 5.84. The minimum atomic E-state index is -0.486. The highest BCUT2D eigenvalue weighted by Crippen LogP contribution is 2.26. The molecule has 38 heavy (non-hydrogen) atoms. The van der Waals surface area contributed by atoms with E-state index < -0.39 is 6.04 Å². The number of benzene rings is 2. The summed E-state index contributed by atoms with van der Waals surface area (Å²) in [6.45, 7) is 2.18. The molecule has 0 fully saturated rings. The first-order valence-electron chi connectivity index (χ1n) is 11.8. The van der Waals surface area contributed by atoms with Gasteiger partial charge in [0.2, 0.25) is 0 Å².